The van der Waals surface area contributed by atoms with Crippen molar-refractivity contribution in [3.8, 4) is 0 Å². The SMILES string of the molecule is O=C1C[C@H](O)CCCC1CCCOCc1ccccc1. The Balaban J connectivity index is 1.62. The number of rotatable bonds is 6. The van der Waals surface area contributed by atoms with Gasteiger partial charge in [-0.2, -0.15) is 0 Å². The van der Waals surface area contributed by atoms with Gasteiger partial charge in [-0.25, -0.2) is 0 Å². The molecule has 1 saturated carbocycles. The highest BCUT2D eigenvalue weighted by molar-refractivity contribution is 5.81. The maximum absolute atomic E-state index is 11.9. The van der Waals surface area contributed by atoms with Crippen LogP contribution >= 0.6 is 0 Å². The number of carbonyl (C=O) groups excluding carboxylic acids is 1. The molecule has 0 radical (unpaired) electrons. The summed E-state index contributed by atoms with van der Waals surface area (Å²) in [7, 11) is 0. The Kier molecular flexibility index (Phi) is 6.22. The number of benzene rings is 1. The van der Waals surface area contributed by atoms with Crippen LogP contribution < -0.4 is 0 Å². The molecule has 1 unspecified atom stereocenters. The minimum absolute atomic E-state index is 0.132. The maximum atomic E-state index is 11.9. The van der Waals surface area contributed by atoms with E-state index in [1.54, 1.807) is 0 Å². The van der Waals surface area contributed by atoms with Crippen molar-refractivity contribution < 1.29 is 14.6 Å². The van der Waals surface area contributed by atoms with E-state index >= 15 is 0 Å². The van der Waals surface area contributed by atoms with Crippen LogP contribution in [0.1, 0.15) is 44.1 Å². The van der Waals surface area contributed by atoms with E-state index in [2.05, 4.69) is 12.1 Å². The van der Waals surface area contributed by atoms with Crippen molar-refractivity contribution in [2.45, 2.75) is 51.2 Å². The lowest BCUT2D eigenvalue weighted by molar-refractivity contribution is -0.124. The zero-order valence-electron chi connectivity index (χ0n) is 12.0. The number of aliphatic hydroxyl groups excluding tert-OH is 1. The molecule has 0 aliphatic heterocycles. The second-order valence-electron chi connectivity index (χ2n) is 5.63. The fourth-order valence-corrected chi connectivity index (χ4v) is 2.76. The van der Waals surface area contributed by atoms with Crippen molar-refractivity contribution in [2.75, 3.05) is 6.61 Å². The molecule has 1 aromatic rings. The van der Waals surface area contributed by atoms with Crippen molar-refractivity contribution in [3.63, 3.8) is 0 Å². The fraction of sp³-hybridized carbons (Fsp3) is 0.588. The van der Waals surface area contributed by atoms with Crippen LogP contribution in [0.5, 0.6) is 0 Å². The Hall–Kier alpha value is -1.19. The maximum Gasteiger partial charge on any atom is 0.138 e. The fourth-order valence-electron chi connectivity index (χ4n) is 2.76. The minimum atomic E-state index is -0.415. The average Bonchev–Trinajstić information content (AvgIpc) is 2.61. The van der Waals surface area contributed by atoms with Gasteiger partial charge >= 0.3 is 0 Å². The van der Waals surface area contributed by atoms with Crippen molar-refractivity contribution >= 4 is 5.78 Å². The van der Waals surface area contributed by atoms with E-state index in [1.165, 1.54) is 5.56 Å². The van der Waals surface area contributed by atoms with Gasteiger partial charge in [-0.05, 0) is 31.2 Å². The predicted molar refractivity (Wildman–Crippen MR) is 78.3 cm³/mol. The van der Waals surface area contributed by atoms with Crippen LogP contribution in [0.2, 0.25) is 0 Å². The largest absolute Gasteiger partial charge is 0.393 e. The van der Waals surface area contributed by atoms with Gasteiger partial charge in [0.2, 0.25) is 0 Å². The first-order valence-corrected chi connectivity index (χ1v) is 7.58. The standard InChI is InChI=1S/C17H24O3/c18-16-10-4-8-15(17(19)12-16)9-5-11-20-13-14-6-2-1-3-7-14/h1-3,6-7,15-16,18H,4-5,8-13H2/t15?,16-/m1/s1. The third-order valence-electron chi connectivity index (χ3n) is 3.93. The molecule has 1 aromatic carbocycles. The summed E-state index contributed by atoms with van der Waals surface area (Å²) < 4.78 is 5.64. The molecule has 0 heterocycles. The minimum Gasteiger partial charge on any atom is -0.393 e. The second-order valence-corrected chi connectivity index (χ2v) is 5.63. The van der Waals surface area contributed by atoms with E-state index in [1.807, 2.05) is 18.2 Å². The van der Waals surface area contributed by atoms with Crippen molar-refractivity contribution in [1.29, 1.82) is 0 Å². The molecular weight excluding hydrogens is 252 g/mol. The molecule has 1 N–H and O–H groups in total. The Morgan fingerprint density at radius 1 is 1.20 bits per heavy atom. The molecule has 20 heavy (non-hydrogen) atoms. The number of Topliss-reactive ketones (excluding diaryl/α,β-unsaturated/α-hetero) is 1. The van der Waals surface area contributed by atoms with Crippen LogP contribution in [-0.2, 0) is 16.1 Å². The first-order chi connectivity index (χ1) is 9.75. The third kappa shape index (κ3) is 5.06. The van der Waals surface area contributed by atoms with Gasteiger partial charge in [0.05, 0.1) is 12.7 Å². The van der Waals surface area contributed by atoms with Gasteiger partial charge < -0.3 is 9.84 Å². The highest BCUT2D eigenvalue weighted by Gasteiger charge is 2.24. The molecule has 1 fully saturated rings. The van der Waals surface area contributed by atoms with Crippen molar-refractivity contribution in [3.05, 3.63) is 35.9 Å². The number of ketones is 1. The molecule has 0 bridgehead atoms. The lowest BCUT2D eigenvalue weighted by Gasteiger charge is -2.12. The van der Waals surface area contributed by atoms with E-state index in [9.17, 15) is 9.90 Å². The van der Waals surface area contributed by atoms with Crippen LogP contribution in [-0.4, -0.2) is 23.6 Å². The summed E-state index contributed by atoms with van der Waals surface area (Å²) in [6.45, 7) is 1.33. The van der Waals surface area contributed by atoms with Crippen LogP contribution in [0.3, 0.4) is 0 Å². The molecule has 0 spiro atoms. The number of hydrogen-bond donors (Lipinski definition) is 1. The summed E-state index contributed by atoms with van der Waals surface area (Å²) in [5.74, 6) is 0.366. The Labute approximate surface area is 121 Å². The van der Waals surface area contributed by atoms with E-state index < -0.39 is 6.10 Å². The quantitative estimate of drug-likeness (QED) is 0.641. The number of carbonyl (C=O) groups is 1. The van der Waals surface area contributed by atoms with E-state index in [0.717, 1.165) is 32.1 Å². The first-order valence-electron chi connectivity index (χ1n) is 7.58. The van der Waals surface area contributed by atoms with E-state index in [-0.39, 0.29) is 11.7 Å². The summed E-state index contributed by atoms with van der Waals surface area (Å²) in [5.41, 5.74) is 1.18. The van der Waals surface area contributed by atoms with Gasteiger partial charge in [0, 0.05) is 18.9 Å². The average molecular weight is 276 g/mol. The first kappa shape index (κ1) is 15.2. The lowest BCUT2D eigenvalue weighted by atomic mass is 9.94. The van der Waals surface area contributed by atoms with E-state index in [0.29, 0.717) is 19.6 Å². The zero-order chi connectivity index (χ0) is 14.2. The Bertz CT molecular complexity index is 402. The third-order valence-corrected chi connectivity index (χ3v) is 3.93. The lowest BCUT2D eigenvalue weighted by Crippen LogP contribution is -2.17. The van der Waals surface area contributed by atoms with Gasteiger partial charge in [0.1, 0.15) is 5.78 Å². The molecular formula is C17H24O3. The number of ether oxygens (including phenoxy) is 1. The summed E-state index contributed by atoms with van der Waals surface area (Å²) in [6.07, 6.45) is 4.39. The molecule has 3 nitrogen and oxygen atoms in total. The van der Waals surface area contributed by atoms with Gasteiger partial charge in [-0.1, -0.05) is 36.8 Å². The van der Waals surface area contributed by atoms with Gasteiger partial charge in [0.25, 0.3) is 0 Å². The Morgan fingerprint density at radius 3 is 2.80 bits per heavy atom. The normalized spacial score (nSPS) is 23.6. The summed E-state index contributed by atoms with van der Waals surface area (Å²) in [5, 5.41) is 9.57. The molecule has 1 aliphatic carbocycles. The van der Waals surface area contributed by atoms with Crippen LogP contribution in [0.25, 0.3) is 0 Å². The molecule has 0 saturated heterocycles. The smallest absolute Gasteiger partial charge is 0.138 e. The molecule has 110 valence electrons. The molecule has 3 heteroatoms. The molecule has 0 aromatic heterocycles. The molecule has 0 amide bonds. The van der Waals surface area contributed by atoms with E-state index in [4.69, 9.17) is 4.74 Å². The number of aliphatic hydroxyl groups is 1. The predicted octanol–water partition coefficient (Wildman–Crippen LogP) is 3.10. The zero-order valence-corrected chi connectivity index (χ0v) is 12.0. The highest BCUT2D eigenvalue weighted by atomic mass is 16.5. The summed E-state index contributed by atoms with van der Waals surface area (Å²) in [4.78, 5) is 11.9. The Morgan fingerprint density at radius 2 is 2.00 bits per heavy atom. The van der Waals surface area contributed by atoms with Crippen molar-refractivity contribution in [1.82, 2.24) is 0 Å². The molecule has 1 aliphatic rings. The van der Waals surface area contributed by atoms with Crippen LogP contribution in [0, 0.1) is 5.92 Å². The van der Waals surface area contributed by atoms with Gasteiger partial charge in [0.15, 0.2) is 0 Å². The second kappa shape index (κ2) is 8.18. The summed E-state index contributed by atoms with van der Waals surface area (Å²) >= 11 is 0. The van der Waals surface area contributed by atoms with Crippen molar-refractivity contribution in [2.24, 2.45) is 5.92 Å². The van der Waals surface area contributed by atoms with Gasteiger partial charge in [-0.15, -0.1) is 0 Å². The molecule has 2 rings (SSSR count). The van der Waals surface area contributed by atoms with Gasteiger partial charge in [-0.3, -0.25) is 4.79 Å². The topological polar surface area (TPSA) is 46.5 Å². The highest BCUT2D eigenvalue weighted by Crippen LogP contribution is 2.24. The molecule has 2 atom stereocenters. The van der Waals surface area contributed by atoms with Crippen LogP contribution in [0.4, 0.5) is 0 Å². The monoisotopic (exact) mass is 276 g/mol. The summed E-state index contributed by atoms with van der Waals surface area (Å²) in [6, 6.07) is 10.1. The number of hydrogen-bond acceptors (Lipinski definition) is 3. The van der Waals surface area contributed by atoms with Crippen LogP contribution in [0.15, 0.2) is 30.3 Å².